The topological polar surface area (TPSA) is 189 Å². The van der Waals surface area contributed by atoms with Crippen molar-refractivity contribution in [2.24, 2.45) is 0 Å². The first kappa shape index (κ1) is 28.8. The Bertz CT molecular complexity index is 1090. The highest BCUT2D eigenvalue weighted by molar-refractivity contribution is 5.94. The average molecular weight is 452 g/mol. The van der Waals surface area contributed by atoms with Crippen molar-refractivity contribution >= 4 is 47.0 Å². The van der Waals surface area contributed by atoms with E-state index in [0.717, 1.165) is 21.8 Å². The van der Waals surface area contributed by atoms with Gasteiger partial charge >= 0.3 is 0 Å². The van der Waals surface area contributed by atoms with Crippen LogP contribution in [0.3, 0.4) is 0 Å². The number of rotatable bonds is 6. The van der Waals surface area contributed by atoms with E-state index in [4.69, 9.17) is 0 Å². The Morgan fingerprint density at radius 2 is 0.848 bits per heavy atom. The minimum Gasteiger partial charge on any atom is -0.412 e. The molecule has 2 heterocycles. The van der Waals surface area contributed by atoms with Crippen LogP contribution in [0.25, 0.3) is 21.8 Å². The Kier molecular flexibility index (Phi) is 12.2. The number of pyridine rings is 2. The lowest BCUT2D eigenvalue weighted by Crippen LogP contribution is -2.02. The Hall–Kier alpha value is -4.18. The molecule has 0 amide bonds. The minimum atomic E-state index is -0.696. The van der Waals surface area contributed by atoms with Gasteiger partial charge in [-0.15, -0.1) is 0 Å². The zero-order chi connectivity index (χ0) is 21.3. The molecule has 33 heavy (non-hydrogen) atoms. The molecule has 0 bridgehead atoms. The number of aldehydes is 4. The van der Waals surface area contributed by atoms with Gasteiger partial charge in [-0.05, 0) is 35.4 Å². The molecule has 0 radical (unpaired) electrons. The molecule has 0 fully saturated rings. The van der Waals surface area contributed by atoms with Crippen LogP contribution in [0.5, 0.6) is 0 Å². The zero-order valence-corrected chi connectivity index (χ0v) is 17.4. The summed E-state index contributed by atoms with van der Waals surface area (Å²) < 4.78 is 0. The second-order valence-electron chi connectivity index (χ2n) is 6.43. The lowest BCUT2D eigenvalue weighted by atomic mass is 9.98. The fourth-order valence-electron chi connectivity index (χ4n) is 3.17. The molecule has 0 aliphatic carbocycles. The van der Waals surface area contributed by atoms with E-state index in [2.05, 4.69) is 9.97 Å². The molecule has 4 aromatic rings. The highest BCUT2D eigenvalue weighted by Crippen LogP contribution is 2.22. The lowest BCUT2D eigenvalue weighted by molar-refractivity contribution is -0.117. The first-order chi connectivity index (χ1) is 14.7. The van der Waals surface area contributed by atoms with Crippen molar-refractivity contribution in [3.63, 3.8) is 0 Å². The molecule has 0 aliphatic heterocycles. The standard InChI is InChI=1S/2C12H9NO2.3H2O/c2*14-7-9(8-15)10-5-6-13-12-4-2-1-3-11(10)12;;;/h2*1-9H;3*1H2. The van der Waals surface area contributed by atoms with Crippen LogP contribution >= 0.6 is 0 Å². The van der Waals surface area contributed by atoms with Gasteiger partial charge in [0.05, 0.1) is 22.9 Å². The van der Waals surface area contributed by atoms with Crippen molar-refractivity contribution in [1.29, 1.82) is 0 Å². The van der Waals surface area contributed by atoms with E-state index in [0.29, 0.717) is 36.3 Å². The molecule has 4 rings (SSSR count). The summed E-state index contributed by atoms with van der Waals surface area (Å²) in [6.07, 6.45) is 5.81. The van der Waals surface area contributed by atoms with Crippen molar-refractivity contribution in [2.45, 2.75) is 11.8 Å². The number of para-hydroxylation sites is 2. The maximum atomic E-state index is 10.7. The number of carbonyl (C=O) groups is 4. The molecule has 9 heteroatoms. The Balaban J connectivity index is 0.000000569. The van der Waals surface area contributed by atoms with Gasteiger partial charge in [-0.2, -0.15) is 0 Å². The lowest BCUT2D eigenvalue weighted by Gasteiger charge is -2.06. The molecular formula is C24H24N2O7. The molecule has 172 valence electrons. The summed E-state index contributed by atoms with van der Waals surface area (Å²) in [5, 5.41) is 1.70. The number of benzene rings is 2. The van der Waals surface area contributed by atoms with Crippen LogP contribution in [0.4, 0.5) is 0 Å². The van der Waals surface area contributed by atoms with Crippen LogP contribution in [0, 0.1) is 0 Å². The molecule has 2 aromatic carbocycles. The highest BCUT2D eigenvalue weighted by Gasteiger charge is 2.13. The number of aromatic nitrogens is 2. The molecule has 0 atom stereocenters. The second kappa shape index (κ2) is 14.0. The van der Waals surface area contributed by atoms with Gasteiger partial charge in [-0.3, -0.25) is 9.97 Å². The van der Waals surface area contributed by atoms with Gasteiger partial charge in [0.2, 0.25) is 0 Å². The Labute approximate surface area is 189 Å². The molecule has 6 N–H and O–H groups in total. The van der Waals surface area contributed by atoms with Crippen LogP contribution in [-0.4, -0.2) is 51.5 Å². The van der Waals surface area contributed by atoms with Gasteiger partial charge in [0, 0.05) is 23.2 Å². The molecule has 0 saturated heterocycles. The molecule has 0 spiro atoms. The van der Waals surface area contributed by atoms with E-state index in [9.17, 15) is 19.2 Å². The molecule has 2 aromatic heterocycles. The van der Waals surface area contributed by atoms with Crippen molar-refractivity contribution in [2.75, 3.05) is 0 Å². The van der Waals surface area contributed by atoms with Crippen LogP contribution in [0.2, 0.25) is 0 Å². The fourth-order valence-corrected chi connectivity index (χ4v) is 3.17. The quantitative estimate of drug-likeness (QED) is 0.309. The predicted molar refractivity (Wildman–Crippen MR) is 124 cm³/mol. The highest BCUT2D eigenvalue weighted by atomic mass is 16.1. The summed E-state index contributed by atoms with van der Waals surface area (Å²) in [4.78, 5) is 51.2. The summed E-state index contributed by atoms with van der Waals surface area (Å²) >= 11 is 0. The molecule has 9 nitrogen and oxygen atoms in total. The van der Waals surface area contributed by atoms with Crippen molar-refractivity contribution in [3.05, 3.63) is 84.2 Å². The predicted octanol–water partition coefficient (Wildman–Crippen LogP) is 0.958. The third-order valence-electron chi connectivity index (χ3n) is 4.67. The molecule has 0 saturated carbocycles. The van der Waals surface area contributed by atoms with Gasteiger partial charge in [0.1, 0.15) is 25.1 Å². The van der Waals surface area contributed by atoms with E-state index in [1.54, 1.807) is 24.5 Å². The normalized spacial score (nSPS) is 9.52. The van der Waals surface area contributed by atoms with Gasteiger partial charge in [0.15, 0.2) is 0 Å². The van der Waals surface area contributed by atoms with E-state index in [1.165, 1.54) is 0 Å². The third kappa shape index (κ3) is 6.40. The Morgan fingerprint density at radius 3 is 1.18 bits per heavy atom. The van der Waals surface area contributed by atoms with Crippen molar-refractivity contribution < 1.29 is 35.6 Å². The summed E-state index contributed by atoms with van der Waals surface area (Å²) in [5.74, 6) is -1.39. The molecular weight excluding hydrogens is 428 g/mol. The van der Waals surface area contributed by atoms with E-state index in [1.807, 2.05) is 48.5 Å². The van der Waals surface area contributed by atoms with Gasteiger partial charge < -0.3 is 35.6 Å². The fraction of sp³-hybridized carbons (Fsp3) is 0.0833. The summed E-state index contributed by atoms with van der Waals surface area (Å²) in [6.45, 7) is 0. The summed E-state index contributed by atoms with van der Waals surface area (Å²) in [6, 6.07) is 18.3. The molecule has 0 unspecified atom stereocenters. The largest absolute Gasteiger partial charge is 0.412 e. The monoisotopic (exact) mass is 452 g/mol. The average Bonchev–Trinajstić information content (AvgIpc) is 2.81. The van der Waals surface area contributed by atoms with Crippen molar-refractivity contribution in [3.8, 4) is 0 Å². The van der Waals surface area contributed by atoms with E-state index in [-0.39, 0.29) is 16.4 Å². The van der Waals surface area contributed by atoms with E-state index >= 15 is 0 Å². The maximum Gasteiger partial charge on any atom is 0.134 e. The van der Waals surface area contributed by atoms with Crippen molar-refractivity contribution in [1.82, 2.24) is 9.97 Å². The number of hydrogen-bond acceptors (Lipinski definition) is 6. The van der Waals surface area contributed by atoms with Crippen LogP contribution in [0.15, 0.2) is 73.1 Å². The van der Waals surface area contributed by atoms with Crippen LogP contribution in [-0.2, 0) is 19.2 Å². The first-order valence-electron chi connectivity index (χ1n) is 9.22. The number of hydrogen-bond donors (Lipinski definition) is 0. The van der Waals surface area contributed by atoms with Gasteiger partial charge in [-0.25, -0.2) is 0 Å². The summed E-state index contributed by atoms with van der Waals surface area (Å²) in [7, 11) is 0. The maximum absolute atomic E-state index is 10.7. The van der Waals surface area contributed by atoms with Gasteiger partial charge in [0.25, 0.3) is 0 Å². The van der Waals surface area contributed by atoms with Crippen LogP contribution < -0.4 is 0 Å². The third-order valence-corrected chi connectivity index (χ3v) is 4.67. The Morgan fingerprint density at radius 1 is 0.515 bits per heavy atom. The molecule has 0 aliphatic rings. The first-order valence-corrected chi connectivity index (χ1v) is 9.22. The van der Waals surface area contributed by atoms with Crippen LogP contribution in [0.1, 0.15) is 23.0 Å². The zero-order valence-electron chi connectivity index (χ0n) is 17.4. The SMILES string of the molecule is O.O.O.O=CC(C=O)c1ccnc2ccccc12.O=CC(C=O)c1ccnc2ccccc12. The number of fused-ring (bicyclic) bond motifs is 2. The summed E-state index contributed by atoms with van der Waals surface area (Å²) in [5.41, 5.74) is 3.02. The smallest absolute Gasteiger partial charge is 0.134 e. The van der Waals surface area contributed by atoms with E-state index < -0.39 is 11.8 Å². The van der Waals surface area contributed by atoms with Gasteiger partial charge in [-0.1, -0.05) is 36.4 Å². The number of carbonyl (C=O) groups excluding carboxylic acids is 4. The second-order valence-corrected chi connectivity index (χ2v) is 6.43. The minimum absolute atomic E-state index is 0. The number of nitrogens with zero attached hydrogens (tertiary/aromatic N) is 2.